The second-order valence-corrected chi connectivity index (χ2v) is 6.21. The lowest BCUT2D eigenvalue weighted by molar-refractivity contribution is 0.0619. The molecule has 25 heavy (non-hydrogen) atoms. The van der Waals surface area contributed by atoms with Gasteiger partial charge in [-0.15, -0.1) is 0 Å². The summed E-state index contributed by atoms with van der Waals surface area (Å²) in [6.45, 7) is 2.36. The van der Waals surface area contributed by atoms with E-state index >= 15 is 0 Å². The molecule has 1 N–H and O–H groups in total. The van der Waals surface area contributed by atoms with Gasteiger partial charge in [-0.25, -0.2) is 9.97 Å². The topological polar surface area (TPSA) is 75.4 Å². The normalized spacial score (nSPS) is 15.4. The van der Waals surface area contributed by atoms with Crippen molar-refractivity contribution >= 4 is 11.7 Å². The van der Waals surface area contributed by atoms with Crippen molar-refractivity contribution in [3.05, 3.63) is 60.4 Å². The Bertz CT molecular complexity index is 856. The molecule has 1 saturated heterocycles. The number of carbonyl (C=O) groups is 1. The van der Waals surface area contributed by atoms with Crippen molar-refractivity contribution in [2.24, 2.45) is 0 Å². The number of amides is 1. The molecule has 0 saturated carbocycles. The lowest BCUT2D eigenvalue weighted by Crippen LogP contribution is -2.46. The van der Waals surface area contributed by atoms with Crippen LogP contribution in [-0.4, -0.2) is 49.3 Å². The Kier molecular flexibility index (Phi) is 4.39. The van der Waals surface area contributed by atoms with Gasteiger partial charge in [-0.1, -0.05) is 6.07 Å². The molecule has 0 bridgehead atoms. The number of rotatable bonds is 4. The van der Waals surface area contributed by atoms with Gasteiger partial charge >= 0.3 is 0 Å². The Morgan fingerprint density at radius 2 is 2.08 bits per heavy atom. The molecule has 0 spiro atoms. The molecule has 0 atom stereocenters. The molecule has 0 radical (unpaired) electrons. The summed E-state index contributed by atoms with van der Waals surface area (Å²) in [5.74, 6) is 0.579. The van der Waals surface area contributed by atoms with Gasteiger partial charge in [0.05, 0.1) is 17.8 Å². The number of nitrogens with zero attached hydrogens (tertiary/aromatic N) is 5. The van der Waals surface area contributed by atoms with Crippen LogP contribution in [0.3, 0.4) is 0 Å². The molecule has 3 aromatic heterocycles. The third-order valence-electron chi connectivity index (χ3n) is 4.56. The van der Waals surface area contributed by atoms with Gasteiger partial charge in [0.15, 0.2) is 0 Å². The fourth-order valence-electron chi connectivity index (χ4n) is 3.24. The van der Waals surface area contributed by atoms with Crippen molar-refractivity contribution in [2.45, 2.75) is 25.4 Å². The minimum absolute atomic E-state index is 0.0133. The molecule has 1 aliphatic heterocycles. The summed E-state index contributed by atoms with van der Waals surface area (Å²) in [6, 6.07) is 6.00. The fraction of sp³-hybridized carbons (Fsp3) is 0.333. The van der Waals surface area contributed by atoms with E-state index < -0.39 is 0 Å². The van der Waals surface area contributed by atoms with E-state index in [0.29, 0.717) is 17.9 Å². The summed E-state index contributed by atoms with van der Waals surface area (Å²) < 4.78 is 1.77. The predicted octanol–water partition coefficient (Wildman–Crippen LogP) is 1.52. The van der Waals surface area contributed by atoms with E-state index in [9.17, 15) is 4.79 Å². The van der Waals surface area contributed by atoms with Crippen LogP contribution >= 0.6 is 0 Å². The van der Waals surface area contributed by atoms with Gasteiger partial charge in [-0.2, -0.15) is 0 Å². The maximum atomic E-state index is 13.2. The van der Waals surface area contributed by atoms with E-state index in [0.717, 1.165) is 31.6 Å². The molecular formula is C18H20N6O. The highest BCUT2D eigenvalue weighted by atomic mass is 16.2. The highest BCUT2D eigenvalue weighted by molar-refractivity contribution is 5.94. The molecule has 0 aromatic carbocycles. The molecule has 128 valence electrons. The summed E-state index contributed by atoms with van der Waals surface area (Å²) in [5.41, 5.74) is 1.46. The molecule has 1 amide bonds. The third-order valence-corrected chi connectivity index (χ3v) is 4.56. The minimum atomic E-state index is -0.0133. The lowest BCUT2D eigenvalue weighted by Gasteiger charge is -2.34. The van der Waals surface area contributed by atoms with Gasteiger partial charge in [0.2, 0.25) is 5.78 Å². The van der Waals surface area contributed by atoms with Crippen LogP contribution in [0.1, 0.15) is 28.9 Å². The molecule has 4 heterocycles. The molecule has 7 nitrogen and oxygen atoms in total. The average molecular weight is 336 g/mol. The van der Waals surface area contributed by atoms with Crippen LogP contribution in [-0.2, 0) is 6.54 Å². The van der Waals surface area contributed by atoms with Crippen molar-refractivity contribution in [2.75, 3.05) is 13.1 Å². The van der Waals surface area contributed by atoms with E-state index in [2.05, 4.69) is 20.3 Å². The Morgan fingerprint density at radius 1 is 1.20 bits per heavy atom. The summed E-state index contributed by atoms with van der Waals surface area (Å²) in [7, 11) is 0. The van der Waals surface area contributed by atoms with E-state index in [1.54, 1.807) is 35.4 Å². The molecule has 0 aliphatic carbocycles. The summed E-state index contributed by atoms with van der Waals surface area (Å²) in [4.78, 5) is 27.9. The second kappa shape index (κ2) is 6.98. The average Bonchev–Trinajstić information content (AvgIpc) is 3.15. The Balaban J connectivity index is 1.64. The zero-order valence-electron chi connectivity index (χ0n) is 13.9. The molecule has 1 aliphatic rings. The Hall–Kier alpha value is -2.80. The third kappa shape index (κ3) is 3.36. The van der Waals surface area contributed by atoms with Crippen molar-refractivity contribution in [3.63, 3.8) is 0 Å². The van der Waals surface area contributed by atoms with Crippen molar-refractivity contribution in [1.82, 2.24) is 29.6 Å². The zero-order valence-corrected chi connectivity index (χ0v) is 13.9. The van der Waals surface area contributed by atoms with E-state index in [-0.39, 0.29) is 11.9 Å². The Labute approximate surface area is 145 Å². The number of carbonyl (C=O) groups excluding carboxylic acids is 1. The number of fused-ring (bicyclic) bond motifs is 1. The number of imidazole rings is 1. The lowest BCUT2D eigenvalue weighted by atomic mass is 10.0. The molecule has 4 rings (SSSR count). The quantitative estimate of drug-likeness (QED) is 0.782. The monoisotopic (exact) mass is 336 g/mol. The largest absolute Gasteiger partial charge is 0.330 e. The van der Waals surface area contributed by atoms with Crippen LogP contribution in [0.5, 0.6) is 0 Å². The highest BCUT2D eigenvalue weighted by Gasteiger charge is 2.27. The molecule has 7 heteroatoms. The minimum Gasteiger partial charge on any atom is -0.330 e. The van der Waals surface area contributed by atoms with Crippen molar-refractivity contribution < 1.29 is 4.79 Å². The molecule has 0 unspecified atom stereocenters. The zero-order chi connectivity index (χ0) is 17.1. The standard InChI is InChI=1S/C18H20N6O/c25-17(14-11-22-18-21-9-10-23(18)12-14)24(16-4-7-19-8-5-16)13-15-3-1-2-6-20-15/h1-3,6,9-12,16,19H,4-5,7-8,13H2. The van der Waals surface area contributed by atoms with Crippen LogP contribution in [0.4, 0.5) is 0 Å². The SMILES string of the molecule is O=C(c1cnc2nccn2c1)N(Cc1ccccn1)C1CCNCC1. The van der Waals surface area contributed by atoms with E-state index in [1.165, 1.54) is 0 Å². The van der Waals surface area contributed by atoms with Gasteiger partial charge in [0.25, 0.3) is 5.91 Å². The number of piperidine rings is 1. The number of hydrogen-bond acceptors (Lipinski definition) is 5. The van der Waals surface area contributed by atoms with E-state index in [4.69, 9.17) is 0 Å². The maximum absolute atomic E-state index is 13.2. The number of aromatic nitrogens is 4. The van der Waals surface area contributed by atoms with E-state index in [1.807, 2.05) is 23.1 Å². The first kappa shape index (κ1) is 15.7. The first-order valence-electron chi connectivity index (χ1n) is 8.51. The van der Waals surface area contributed by atoms with Crippen molar-refractivity contribution in [3.8, 4) is 0 Å². The smallest absolute Gasteiger partial charge is 0.257 e. The fourth-order valence-corrected chi connectivity index (χ4v) is 3.24. The molecule has 3 aromatic rings. The highest BCUT2D eigenvalue weighted by Crippen LogP contribution is 2.18. The van der Waals surface area contributed by atoms with Gasteiger partial charge < -0.3 is 10.2 Å². The predicted molar refractivity (Wildman–Crippen MR) is 93.0 cm³/mol. The maximum Gasteiger partial charge on any atom is 0.257 e. The van der Waals surface area contributed by atoms with Crippen LogP contribution in [0.15, 0.2) is 49.2 Å². The van der Waals surface area contributed by atoms with Gasteiger partial charge in [0.1, 0.15) is 0 Å². The second-order valence-electron chi connectivity index (χ2n) is 6.21. The van der Waals surface area contributed by atoms with Gasteiger partial charge in [0, 0.05) is 37.0 Å². The first-order valence-corrected chi connectivity index (χ1v) is 8.51. The summed E-state index contributed by atoms with van der Waals surface area (Å²) in [5, 5.41) is 3.35. The van der Waals surface area contributed by atoms with Crippen LogP contribution in [0.2, 0.25) is 0 Å². The Morgan fingerprint density at radius 3 is 2.88 bits per heavy atom. The molecule has 1 fully saturated rings. The molecular weight excluding hydrogens is 316 g/mol. The van der Waals surface area contributed by atoms with Gasteiger partial charge in [-0.3, -0.25) is 14.2 Å². The first-order chi connectivity index (χ1) is 12.3. The van der Waals surface area contributed by atoms with Crippen LogP contribution < -0.4 is 5.32 Å². The van der Waals surface area contributed by atoms with Crippen molar-refractivity contribution in [1.29, 1.82) is 0 Å². The summed E-state index contributed by atoms with van der Waals surface area (Å²) >= 11 is 0. The number of nitrogens with one attached hydrogen (secondary N) is 1. The van der Waals surface area contributed by atoms with Crippen LogP contribution in [0.25, 0.3) is 5.78 Å². The van der Waals surface area contributed by atoms with Crippen LogP contribution in [0, 0.1) is 0 Å². The number of hydrogen-bond donors (Lipinski definition) is 1. The number of pyridine rings is 1. The van der Waals surface area contributed by atoms with Gasteiger partial charge in [-0.05, 0) is 38.1 Å². The summed E-state index contributed by atoms with van der Waals surface area (Å²) in [6.07, 6.45) is 10.5.